The molecular formula is C16H20. The fourth-order valence-electron chi connectivity index (χ4n) is 2.14. The SMILES string of the molecule is CCCCCc1ccc(C2C=CC=C2)cc1. The predicted molar refractivity (Wildman–Crippen MR) is 70.7 cm³/mol. The van der Waals surface area contributed by atoms with E-state index in [2.05, 4.69) is 55.5 Å². The summed E-state index contributed by atoms with van der Waals surface area (Å²) in [6.45, 7) is 2.25. The molecule has 1 aromatic carbocycles. The van der Waals surface area contributed by atoms with Crippen LogP contribution in [-0.2, 0) is 6.42 Å². The van der Waals surface area contributed by atoms with Crippen LogP contribution in [0.2, 0.25) is 0 Å². The minimum atomic E-state index is 0.504. The molecule has 0 aromatic heterocycles. The van der Waals surface area contributed by atoms with E-state index in [1.807, 2.05) is 0 Å². The van der Waals surface area contributed by atoms with Crippen LogP contribution in [0.4, 0.5) is 0 Å². The molecule has 1 aromatic rings. The summed E-state index contributed by atoms with van der Waals surface area (Å²) >= 11 is 0. The third-order valence-corrected chi connectivity index (χ3v) is 3.18. The van der Waals surface area contributed by atoms with Crippen molar-refractivity contribution in [2.75, 3.05) is 0 Å². The van der Waals surface area contributed by atoms with Crippen molar-refractivity contribution < 1.29 is 0 Å². The number of benzene rings is 1. The summed E-state index contributed by atoms with van der Waals surface area (Å²) < 4.78 is 0. The van der Waals surface area contributed by atoms with Crippen LogP contribution in [0, 0.1) is 0 Å². The summed E-state index contributed by atoms with van der Waals surface area (Å²) in [7, 11) is 0. The van der Waals surface area contributed by atoms with Gasteiger partial charge < -0.3 is 0 Å². The van der Waals surface area contributed by atoms with Gasteiger partial charge in [0.25, 0.3) is 0 Å². The third-order valence-electron chi connectivity index (χ3n) is 3.18. The average molecular weight is 212 g/mol. The number of rotatable bonds is 5. The van der Waals surface area contributed by atoms with E-state index in [4.69, 9.17) is 0 Å². The summed E-state index contributed by atoms with van der Waals surface area (Å²) in [6, 6.07) is 9.11. The molecule has 2 rings (SSSR count). The van der Waals surface area contributed by atoms with Gasteiger partial charge in [-0.1, -0.05) is 68.3 Å². The van der Waals surface area contributed by atoms with Gasteiger partial charge in [0, 0.05) is 5.92 Å². The fraction of sp³-hybridized carbons (Fsp3) is 0.375. The minimum Gasteiger partial charge on any atom is -0.0732 e. The lowest BCUT2D eigenvalue weighted by Gasteiger charge is -2.07. The summed E-state index contributed by atoms with van der Waals surface area (Å²) in [5, 5.41) is 0. The maximum absolute atomic E-state index is 2.28. The van der Waals surface area contributed by atoms with E-state index in [1.165, 1.54) is 36.8 Å². The molecule has 0 atom stereocenters. The van der Waals surface area contributed by atoms with Crippen molar-refractivity contribution in [2.45, 2.75) is 38.5 Å². The molecule has 0 nitrogen and oxygen atoms in total. The van der Waals surface area contributed by atoms with Gasteiger partial charge in [0.1, 0.15) is 0 Å². The van der Waals surface area contributed by atoms with Crippen molar-refractivity contribution in [1.29, 1.82) is 0 Å². The maximum Gasteiger partial charge on any atom is 0.0204 e. The number of hydrogen-bond donors (Lipinski definition) is 0. The Hall–Kier alpha value is -1.30. The molecular weight excluding hydrogens is 192 g/mol. The second-order valence-electron chi connectivity index (χ2n) is 4.49. The molecule has 0 heterocycles. The highest BCUT2D eigenvalue weighted by molar-refractivity contribution is 5.36. The van der Waals surface area contributed by atoms with E-state index in [9.17, 15) is 0 Å². The summed E-state index contributed by atoms with van der Waals surface area (Å²) in [5.41, 5.74) is 2.88. The molecule has 0 radical (unpaired) electrons. The van der Waals surface area contributed by atoms with Crippen LogP contribution >= 0.6 is 0 Å². The summed E-state index contributed by atoms with van der Waals surface area (Å²) in [4.78, 5) is 0. The number of unbranched alkanes of at least 4 members (excludes halogenated alkanes) is 2. The molecule has 0 heteroatoms. The number of allylic oxidation sites excluding steroid dienone is 4. The van der Waals surface area contributed by atoms with Crippen LogP contribution in [0.25, 0.3) is 0 Å². The molecule has 0 spiro atoms. The number of aryl methyl sites for hydroxylation is 1. The molecule has 0 fully saturated rings. The topological polar surface area (TPSA) is 0 Å². The smallest absolute Gasteiger partial charge is 0.0204 e. The number of hydrogen-bond acceptors (Lipinski definition) is 0. The van der Waals surface area contributed by atoms with Crippen LogP contribution < -0.4 is 0 Å². The van der Waals surface area contributed by atoms with Gasteiger partial charge in [-0.2, -0.15) is 0 Å². The first-order valence-electron chi connectivity index (χ1n) is 6.34. The average Bonchev–Trinajstić information content (AvgIpc) is 2.84. The zero-order valence-electron chi connectivity index (χ0n) is 10.0. The Morgan fingerprint density at radius 1 is 0.938 bits per heavy atom. The Balaban J connectivity index is 1.94. The Morgan fingerprint density at radius 2 is 1.62 bits per heavy atom. The van der Waals surface area contributed by atoms with Crippen LogP contribution in [0.3, 0.4) is 0 Å². The second-order valence-corrected chi connectivity index (χ2v) is 4.49. The molecule has 0 unspecified atom stereocenters. The van der Waals surface area contributed by atoms with Gasteiger partial charge in [0.2, 0.25) is 0 Å². The van der Waals surface area contributed by atoms with Crippen LogP contribution in [0.1, 0.15) is 43.2 Å². The zero-order valence-corrected chi connectivity index (χ0v) is 10.0. The highest BCUT2D eigenvalue weighted by atomic mass is 14.1. The first-order chi connectivity index (χ1) is 7.90. The van der Waals surface area contributed by atoms with E-state index < -0.39 is 0 Å². The van der Waals surface area contributed by atoms with Gasteiger partial charge in [-0.15, -0.1) is 0 Å². The standard InChI is InChI=1S/C16H20/c1-2-3-4-7-14-10-12-16(13-11-14)15-8-5-6-9-15/h5-6,8-13,15H,2-4,7H2,1H3. The first-order valence-corrected chi connectivity index (χ1v) is 6.34. The van der Waals surface area contributed by atoms with E-state index in [0.717, 1.165) is 0 Å². The zero-order chi connectivity index (χ0) is 11.2. The summed E-state index contributed by atoms with van der Waals surface area (Å²) in [5.74, 6) is 0.504. The Kier molecular flexibility index (Phi) is 3.98. The molecule has 0 saturated carbocycles. The molecule has 16 heavy (non-hydrogen) atoms. The van der Waals surface area contributed by atoms with E-state index in [0.29, 0.717) is 5.92 Å². The van der Waals surface area contributed by atoms with E-state index in [1.54, 1.807) is 0 Å². The first kappa shape index (κ1) is 11.2. The van der Waals surface area contributed by atoms with Gasteiger partial charge in [-0.05, 0) is 24.0 Å². The van der Waals surface area contributed by atoms with Crippen molar-refractivity contribution in [3.05, 3.63) is 59.7 Å². The molecule has 0 aliphatic heterocycles. The summed E-state index contributed by atoms with van der Waals surface area (Å²) in [6.07, 6.45) is 13.9. The van der Waals surface area contributed by atoms with Crippen molar-refractivity contribution >= 4 is 0 Å². The van der Waals surface area contributed by atoms with Crippen molar-refractivity contribution in [2.24, 2.45) is 0 Å². The van der Waals surface area contributed by atoms with E-state index >= 15 is 0 Å². The molecule has 0 amide bonds. The molecule has 84 valence electrons. The van der Waals surface area contributed by atoms with Crippen LogP contribution in [0.15, 0.2) is 48.6 Å². The van der Waals surface area contributed by atoms with E-state index in [-0.39, 0.29) is 0 Å². The largest absolute Gasteiger partial charge is 0.0732 e. The van der Waals surface area contributed by atoms with Gasteiger partial charge in [-0.3, -0.25) is 0 Å². The molecule has 1 aliphatic rings. The van der Waals surface area contributed by atoms with Crippen LogP contribution in [0.5, 0.6) is 0 Å². The third kappa shape index (κ3) is 2.85. The lowest BCUT2D eigenvalue weighted by Crippen LogP contribution is -1.90. The van der Waals surface area contributed by atoms with Gasteiger partial charge in [0.05, 0.1) is 0 Å². The Bertz CT molecular complexity index is 356. The molecule has 0 bridgehead atoms. The molecule has 1 aliphatic carbocycles. The highest BCUT2D eigenvalue weighted by Crippen LogP contribution is 2.23. The fourth-order valence-corrected chi connectivity index (χ4v) is 2.14. The van der Waals surface area contributed by atoms with Crippen molar-refractivity contribution in [3.8, 4) is 0 Å². The van der Waals surface area contributed by atoms with Gasteiger partial charge in [-0.25, -0.2) is 0 Å². The Morgan fingerprint density at radius 3 is 2.25 bits per heavy atom. The molecule has 0 saturated heterocycles. The predicted octanol–water partition coefficient (Wildman–Crippen LogP) is 4.63. The normalized spacial score (nSPS) is 14.8. The van der Waals surface area contributed by atoms with Crippen molar-refractivity contribution in [1.82, 2.24) is 0 Å². The highest BCUT2D eigenvalue weighted by Gasteiger charge is 2.06. The lowest BCUT2D eigenvalue weighted by molar-refractivity contribution is 0.717. The molecule has 0 N–H and O–H groups in total. The Labute approximate surface area is 98.7 Å². The minimum absolute atomic E-state index is 0.504. The quantitative estimate of drug-likeness (QED) is 0.624. The van der Waals surface area contributed by atoms with Gasteiger partial charge >= 0.3 is 0 Å². The van der Waals surface area contributed by atoms with Crippen LogP contribution in [-0.4, -0.2) is 0 Å². The lowest BCUT2D eigenvalue weighted by atomic mass is 9.98. The van der Waals surface area contributed by atoms with Gasteiger partial charge in [0.15, 0.2) is 0 Å². The maximum atomic E-state index is 2.28. The monoisotopic (exact) mass is 212 g/mol. The second kappa shape index (κ2) is 5.69. The van der Waals surface area contributed by atoms with Crippen molar-refractivity contribution in [3.63, 3.8) is 0 Å².